The Labute approximate surface area is 93.8 Å². The Balaban J connectivity index is 2.73. The first-order valence-electron chi connectivity index (χ1n) is 4.36. The lowest BCUT2D eigenvalue weighted by Crippen LogP contribution is -2.06. The Morgan fingerprint density at radius 1 is 1.33 bits per heavy atom. The van der Waals surface area contributed by atoms with Crippen molar-refractivity contribution >= 4 is 29.3 Å². The third kappa shape index (κ3) is 4.06. The quantitative estimate of drug-likeness (QED) is 0.603. The van der Waals surface area contributed by atoms with Gasteiger partial charge in [-0.1, -0.05) is 0 Å². The molecule has 0 radical (unpaired) electrons. The Bertz CT molecular complexity index is 394. The summed E-state index contributed by atoms with van der Waals surface area (Å²) in [7, 11) is -2.22. The molecule has 0 saturated carbocycles. The first-order chi connectivity index (χ1) is 6.89. The highest BCUT2D eigenvalue weighted by Gasteiger charge is 2.10. The van der Waals surface area contributed by atoms with Crippen LogP contribution in [0.5, 0.6) is 5.75 Å². The molecule has 0 atom stereocenters. The van der Waals surface area contributed by atoms with Crippen LogP contribution in [-0.4, -0.2) is 25.2 Å². The molecule has 3 nitrogen and oxygen atoms in total. The van der Waals surface area contributed by atoms with E-state index in [0.717, 1.165) is 5.30 Å². The average Bonchev–Trinajstić information content (AvgIpc) is 2.14. The van der Waals surface area contributed by atoms with Gasteiger partial charge >= 0.3 is 0 Å². The van der Waals surface area contributed by atoms with E-state index < -0.39 is 12.4 Å². The van der Waals surface area contributed by atoms with E-state index >= 15 is 0 Å². The van der Waals surface area contributed by atoms with Crippen LogP contribution < -0.4 is 10.0 Å². The summed E-state index contributed by atoms with van der Waals surface area (Å²) in [5.41, 5.74) is 0. The van der Waals surface area contributed by atoms with Crippen LogP contribution in [0.15, 0.2) is 24.3 Å². The van der Waals surface area contributed by atoms with Gasteiger partial charge in [-0.25, -0.2) is 0 Å². The Morgan fingerprint density at radius 3 is 2.27 bits per heavy atom. The Kier molecular flexibility index (Phi) is 3.95. The molecule has 0 saturated heterocycles. The Morgan fingerprint density at radius 2 is 1.87 bits per heavy atom. The second-order valence-corrected chi connectivity index (χ2v) is 7.13. The normalized spacial score (nSPS) is 11.1. The van der Waals surface area contributed by atoms with Crippen LogP contribution in [0.2, 0.25) is 0 Å². The first-order valence-corrected chi connectivity index (χ1v) is 7.34. The second-order valence-electron chi connectivity index (χ2n) is 3.49. The zero-order valence-corrected chi connectivity index (χ0v) is 10.2. The van der Waals surface area contributed by atoms with Crippen LogP contribution in [0, 0.1) is 0 Å². The average molecular weight is 247 g/mol. The number of carbonyl (C=O) groups excluding carboxylic acids is 1. The van der Waals surface area contributed by atoms with E-state index in [1.165, 1.54) is 0 Å². The summed E-state index contributed by atoms with van der Waals surface area (Å²) in [5, 5.41) is 0.239. The van der Waals surface area contributed by atoms with E-state index in [-0.39, 0.29) is 6.61 Å². The number of benzene rings is 1. The molecule has 0 aromatic heterocycles. The molecular formula is C10H12ClO3P. The molecule has 0 aliphatic heterocycles. The lowest BCUT2D eigenvalue weighted by Gasteiger charge is -2.08. The van der Waals surface area contributed by atoms with Gasteiger partial charge < -0.3 is 9.30 Å². The van der Waals surface area contributed by atoms with Gasteiger partial charge in [0.2, 0.25) is 0 Å². The molecule has 1 rings (SSSR count). The third-order valence-electron chi connectivity index (χ3n) is 1.81. The largest absolute Gasteiger partial charge is 0.484 e. The number of hydrogen-bond donors (Lipinski definition) is 0. The number of carbonyl (C=O) groups is 1. The van der Waals surface area contributed by atoms with Gasteiger partial charge in [0.1, 0.15) is 12.9 Å². The fourth-order valence-electron chi connectivity index (χ4n) is 1.04. The smallest absolute Gasteiger partial charge is 0.259 e. The maximum absolute atomic E-state index is 11.7. The van der Waals surface area contributed by atoms with Crippen molar-refractivity contribution in [3.8, 4) is 5.75 Å². The van der Waals surface area contributed by atoms with Crippen LogP contribution in [0.4, 0.5) is 0 Å². The summed E-state index contributed by atoms with van der Waals surface area (Å²) in [4.78, 5) is 10.4. The summed E-state index contributed by atoms with van der Waals surface area (Å²) in [6, 6.07) is 6.81. The van der Waals surface area contributed by atoms with Gasteiger partial charge in [0, 0.05) is 5.30 Å². The van der Waals surface area contributed by atoms with E-state index in [1.807, 2.05) is 0 Å². The van der Waals surface area contributed by atoms with Gasteiger partial charge in [-0.3, -0.25) is 4.79 Å². The summed E-state index contributed by atoms with van der Waals surface area (Å²) < 4.78 is 16.7. The number of hydrogen-bond acceptors (Lipinski definition) is 3. The minimum atomic E-state index is -2.22. The summed E-state index contributed by atoms with van der Waals surface area (Å²) in [5.74, 6) is 0.543. The highest BCUT2D eigenvalue weighted by Crippen LogP contribution is 2.34. The van der Waals surface area contributed by atoms with Gasteiger partial charge in [0.25, 0.3) is 5.24 Å². The van der Waals surface area contributed by atoms with Gasteiger partial charge in [-0.2, -0.15) is 0 Å². The van der Waals surface area contributed by atoms with Crippen molar-refractivity contribution in [2.45, 2.75) is 0 Å². The third-order valence-corrected chi connectivity index (χ3v) is 3.46. The molecule has 0 aliphatic carbocycles. The number of ether oxygens (including phenoxy) is 1. The predicted molar refractivity (Wildman–Crippen MR) is 61.9 cm³/mol. The molecular weight excluding hydrogens is 235 g/mol. The molecule has 0 heterocycles. The minimum absolute atomic E-state index is 0.156. The van der Waals surface area contributed by atoms with Crippen LogP contribution in [0.3, 0.4) is 0 Å². The zero-order valence-electron chi connectivity index (χ0n) is 8.57. The highest BCUT2D eigenvalue weighted by atomic mass is 35.5. The highest BCUT2D eigenvalue weighted by molar-refractivity contribution is 7.70. The number of rotatable bonds is 4. The number of halogens is 1. The summed E-state index contributed by atoms with van der Waals surface area (Å²) >= 11 is 5.12. The predicted octanol–water partition coefficient (Wildman–Crippen LogP) is 2.08. The van der Waals surface area contributed by atoms with Crippen LogP contribution in [0.25, 0.3) is 0 Å². The molecule has 0 fully saturated rings. The van der Waals surface area contributed by atoms with E-state index in [0.29, 0.717) is 5.75 Å². The molecule has 1 aromatic rings. The molecule has 1 aromatic carbocycles. The maximum atomic E-state index is 11.7. The van der Waals surface area contributed by atoms with Crippen LogP contribution >= 0.6 is 18.7 Å². The first kappa shape index (κ1) is 12.3. The minimum Gasteiger partial charge on any atom is -0.484 e. The van der Waals surface area contributed by atoms with E-state index in [1.54, 1.807) is 37.6 Å². The molecule has 0 unspecified atom stereocenters. The van der Waals surface area contributed by atoms with Crippen molar-refractivity contribution in [1.29, 1.82) is 0 Å². The van der Waals surface area contributed by atoms with E-state index in [9.17, 15) is 9.36 Å². The molecule has 0 N–H and O–H groups in total. The van der Waals surface area contributed by atoms with Gasteiger partial charge in [0.15, 0.2) is 6.61 Å². The van der Waals surface area contributed by atoms with Gasteiger partial charge in [-0.15, -0.1) is 0 Å². The monoisotopic (exact) mass is 246 g/mol. The summed E-state index contributed by atoms with van der Waals surface area (Å²) in [6.07, 6.45) is 0. The molecule has 0 aliphatic rings. The van der Waals surface area contributed by atoms with Crippen molar-refractivity contribution in [2.24, 2.45) is 0 Å². The lowest BCUT2D eigenvalue weighted by molar-refractivity contribution is -0.113. The van der Waals surface area contributed by atoms with Crippen molar-refractivity contribution in [1.82, 2.24) is 0 Å². The molecule has 0 amide bonds. The topological polar surface area (TPSA) is 43.4 Å². The lowest BCUT2D eigenvalue weighted by atomic mass is 10.3. The molecule has 82 valence electrons. The zero-order chi connectivity index (χ0) is 11.5. The Hall–Kier alpha value is -0.790. The van der Waals surface area contributed by atoms with Crippen LogP contribution in [0.1, 0.15) is 0 Å². The van der Waals surface area contributed by atoms with Crippen molar-refractivity contribution in [3.05, 3.63) is 24.3 Å². The fourth-order valence-corrected chi connectivity index (χ4v) is 1.96. The summed E-state index contributed by atoms with van der Waals surface area (Å²) in [6.45, 7) is 3.24. The van der Waals surface area contributed by atoms with Crippen molar-refractivity contribution < 1.29 is 14.1 Å². The van der Waals surface area contributed by atoms with Gasteiger partial charge in [0.05, 0.1) is 0 Å². The van der Waals surface area contributed by atoms with Crippen LogP contribution in [-0.2, 0) is 9.36 Å². The maximum Gasteiger partial charge on any atom is 0.259 e. The second kappa shape index (κ2) is 4.82. The SMILES string of the molecule is CP(C)(=O)c1ccc(OCC(=O)Cl)cc1. The fraction of sp³-hybridized carbons (Fsp3) is 0.300. The molecule has 0 bridgehead atoms. The van der Waals surface area contributed by atoms with Gasteiger partial charge in [-0.05, 0) is 49.2 Å². The van der Waals surface area contributed by atoms with E-state index in [4.69, 9.17) is 16.3 Å². The van der Waals surface area contributed by atoms with E-state index in [2.05, 4.69) is 0 Å². The molecule has 5 heteroatoms. The molecule has 15 heavy (non-hydrogen) atoms. The van der Waals surface area contributed by atoms with Crippen molar-refractivity contribution in [2.75, 3.05) is 19.9 Å². The standard InChI is InChI=1S/C10H12ClO3P/c1-15(2,13)9-5-3-8(4-6-9)14-7-10(11)12/h3-6H,7H2,1-2H3. The molecule has 0 spiro atoms. The van der Waals surface area contributed by atoms with Crippen molar-refractivity contribution in [3.63, 3.8) is 0 Å².